The van der Waals surface area contributed by atoms with Crippen LogP contribution in [0.2, 0.25) is 5.02 Å². The van der Waals surface area contributed by atoms with Gasteiger partial charge in [-0.25, -0.2) is 4.39 Å². The van der Waals surface area contributed by atoms with Crippen molar-refractivity contribution in [1.82, 2.24) is 10.3 Å². The molecule has 2 aromatic carbocycles. The van der Waals surface area contributed by atoms with Crippen LogP contribution in [-0.2, 0) is 19.7 Å². The molecule has 0 spiro atoms. The third-order valence-electron chi connectivity index (χ3n) is 4.09. The van der Waals surface area contributed by atoms with Crippen LogP contribution >= 0.6 is 27.5 Å². The Labute approximate surface area is 176 Å². The molecule has 0 aliphatic heterocycles. The Morgan fingerprint density at radius 2 is 1.96 bits per heavy atom. The summed E-state index contributed by atoms with van der Waals surface area (Å²) in [6.45, 7) is 1.35. The van der Waals surface area contributed by atoms with Crippen molar-refractivity contribution in [2.45, 2.75) is 19.7 Å². The molecule has 0 radical (unpaired) electrons. The van der Waals surface area contributed by atoms with Crippen LogP contribution in [0.4, 0.5) is 4.39 Å². The molecule has 0 saturated carbocycles. The second-order valence-electron chi connectivity index (χ2n) is 6.06. The van der Waals surface area contributed by atoms with E-state index < -0.39 is 5.82 Å². The highest BCUT2D eigenvalue weighted by Gasteiger charge is 2.14. The lowest BCUT2D eigenvalue weighted by Gasteiger charge is -2.15. The molecule has 1 aromatic heterocycles. The van der Waals surface area contributed by atoms with Crippen molar-refractivity contribution in [1.29, 1.82) is 0 Å². The van der Waals surface area contributed by atoms with Gasteiger partial charge < -0.3 is 14.8 Å². The van der Waals surface area contributed by atoms with E-state index >= 15 is 0 Å². The Kier molecular flexibility index (Phi) is 7.25. The number of rotatable bonds is 8. The molecule has 0 aliphatic rings. The van der Waals surface area contributed by atoms with Crippen molar-refractivity contribution in [3.63, 3.8) is 0 Å². The molecule has 7 heteroatoms. The van der Waals surface area contributed by atoms with Gasteiger partial charge in [0.05, 0.1) is 16.6 Å². The monoisotopic (exact) mass is 464 g/mol. The molecule has 146 valence electrons. The van der Waals surface area contributed by atoms with E-state index in [0.29, 0.717) is 35.2 Å². The van der Waals surface area contributed by atoms with Crippen molar-refractivity contribution < 1.29 is 13.9 Å². The number of ether oxygens (including phenoxy) is 2. The summed E-state index contributed by atoms with van der Waals surface area (Å²) in [7, 11) is 1.57. The molecular weight excluding hydrogens is 447 g/mol. The van der Waals surface area contributed by atoms with E-state index in [2.05, 4.69) is 26.2 Å². The Hall–Kier alpha value is -2.15. The lowest BCUT2D eigenvalue weighted by Crippen LogP contribution is -2.13. The fraction of sp³-hybridized carbons (Fsp3) is 0.190. The van der Waals surface area contributed by atoms with Gasteiger partial charge in [0.2, 0.25) is 0 Å². The summed E-state index contributed by atoms with van der Waals surface area (Å²) in [5.74, 6) is 0.650. The first-order chi connectivity index (χ1) is 13.6. The Morgan fingerprint density at radius 3 is 2.68 bits per heavy atom. The molecule has 1 heterocycles. The van der Waals surface area contributed by atoms with Gasteiger partial charge >= 0.3 is 0 Å². The van der Waals surface area contributed by atoms with Crippen molar-refractivity contribution in [2.24, 2.45) is 0 Å². The van der Waals surface area contributed by atoms with E-state index in [1.54, 1.807) is 25.4 Å². The van der Waals surface area contributed by atoms with Gasteiger partial charge in [0.25, 0.3) is 0 Å². The summed E-state index contributed by atoms with van der Waals surface area (Å²) in [6.07, 6.45) is 3.58. The number of nitrogens with zero attached hydrogens (tertiary/aromatic N) is 1. The number of hydrogen-bond donors (Lipinski definition) is 1. The first-order valence-electron chi connectivity index (χ1n) is 8.60. The maximum absolute atomic E-state index is 14.0. The fourth-order valence-electron chi connectivity index (χ4n) is 2.68. The summed E-state index contributed by atoms with van der Waals surface area (Å²) in [4.78, 5) is 4.10. The van der Waals surface area contributed by atoms with Crippen LogP contribution in [-0.4, -0.2) is 12.1 Å². The van der Waals surface area contributed by atoms with Gasteiger partial charge in [0, 0.05) is 31.0 Å². The predicted molar refractivity (Wildman–Crippen MR) is 111 cm³/mol. The largest absolute Gasteiger partial charge is 0.493 e. The van der Waals surface area contributed by atoms with Gasteiger partial charge in [-0.3, -0.25) is 4.98 Å². The molecule has 28 heavy (non-hydrogen) atoms. The second-order valence-corrected chi connectivity index (χ2v) is 7.32. The lowest BCUT2D eigenvalue weighted by atomic mass is 10.2. The molecule has 3 aromatic rings. The number of hydrogen-bond acceptors (Lipinski definition) is 4. The zero-order chi connectivity index (χ0) is 19.9. The van der Waals surface area contributed by atoms with E-state index in [0.717, 1.165) is 15.6 Å². The Morgan fingerprint density at radius 1 is 1.14 bits per heavy atom. The summed E-state index contributed by atoms with van der Waals surface area (Å²) in [5.41, 5.74) is 2.43. The highest BCUT2D eigenvalue weighted by atomic mass is 79.9. The molecule has 0 bridgehead atoms. The van der Waals surface area contributed by atoms with Crippen LogP contribution in [0.3, 0.4) is 0 Å². The molecule has 0 aliphatic carbocycles. The molecule has 0 saturated heterocycles. The molecule has 0 unspecified atom stereocenters. The average molecular weight is 466 g/mol. The minimum Gasteiger partial charge on any atom is -0.493 e. The van der Waals surface area contributed by atoms with Crippen LogP contribution in [0.15, 0.2) is 59.3 Å². The summed E-state index contributed by atoms with van der Waals surface area (Å²) < 4.78 is 26.0. The van der Waals surface area contributed by atoms with E-state index in [1.807, 2.05) is 30.5 Å². The minimum atomic E-state index is -0.404. The summed E-state index contributed by atoms with van der Waals surface area (Å²) >= 11 is 9.58. The third kappa shape index (κ3) is 5.22. The first-order valence-corrected chi connectivity index (χ1v) is 9.77. The SMILES string of the molecule is COc1cc(CNCc2cccnc2)cc(Br)c1OCc1c(F)cccc1Cl. The van der Waals surface area contributed by atoms with Crippen LogP contribution in [0.1, 0.15) is 16.7 Å². The normalized spacial score (nSPS) is 10.7. The van der Waals surface area contributed by atoms with E-state index in [1.165, 1.54) is 6.07 Å². The van der Waals surface area contributed by atoms with E-state index in [-0.39, 0.29) is 6.61 Å². The predicted octanol–water partition coefficient (Wildman–Crippen LogP) is 5.51. The highest BCUT2D eigenvalue weighted by molar-refractivity contribution is 9.10. The van der Waals surface area contributed by atoms with E-state index in [9.17, 15) is 4.39 Å². The molecule has 0 fully saturated rings. The Bertz CT molecular complexity index is 921. The zero-order valence-electron chi connectivity index (χ0n) is 15.2. The average Bonchev–Trinajstić information content (AvgIpc) is 2.69. The topological polar surface area (TPSA) is 43.4 Å². The summed E-state index contributed by atoms with van der Waals surface area (Å²) in [6, 6.07) is 12.3. The Balaban J connectivity index is 1.69. The molecule has 3 rings (SSSR count). The van der Waals surface area contributed by atoms with Gasteiger partial charge in [-0.15, -0.1) is 0 Å². The lowest BCUT2D eigenvalue weighted by molar-refractivity contribution is 0.277. The van der Waals surface area contributed by atoms with Gasteiger partial charge in [0.1, 0.15) is 12.4 Å². The quantitative estimate of drug-likeness (QED) is 0.476. The van der Waals surface area contributed by atoms with Gasteiger partial charge in [-0.05, 0) is 57.4 Å². The van der Waals surface area contributed by atoms with Crippen molar-refractivity contribution in [3.8, 4) is 11.5 Å². The standard InChI is InChI=1S/C21H19BrClFN2O2/c1-27-20-9-15(12-26-11-14-4-3-7-25-10-14)8-17(22)21(20)28-13-16-18(23)5-2-6-19(16)24/h2-10,26H,11-13H2,1H3. The number of aromatic nitrogens is 1. The highest BCUT2D eigenvalue weighted by Crippen LogP contribution is 2.37. The minimum absolute atomic E-state index is 0.000922. The van der Waals surface area contributed by atoms with Gasteiger partial charge in [0.15, 0.2) is 11.5 Å². The van der Waals surface area contributed by atoms with Crippen LogP contribution < -0.4 is 14.8 Å². The third-order valence-corrected chi connectivity index (χ3v) is 5.04. The maximum Gasteiger partial charge on any atom is 0.175 e. The maximum atomic E-state index is 14.0. The number of pyridine rings is 1. The van der Waals surface area contributed by atoms with Crippen molar-refractivity contribution >= 4 is 27.5 Å². The van der Waals surface area contributed by atoms with Crippen molar-refractivity contribution in [2.75, 3.05) is 7.11 Å². The smallest absolute Gasteiger partial charge is 0.175 e. The molecular formula is C21H19BrClFN2O2. The van der Waals surface area contributed by atoms with Crippen LogP contribution in [0, 0.1) is 5.82 Å². The number of benzene rings is 2. The molecule has 0 atom stereocenters. The van der Waals surface area contributed by atoms with Crippen molar-refractivity contribution in [3.05, 3.63) is 86.9 Å². The number of methoxy groups -OCH3 is 1. The zero-order valence-corrected chi connectivity index (χ0v) is 17.6. The molecule has 1 N–H and O–H groups in total. The number of halogens is 3. The van der Waals surface area contributed by atoms with Crippen LogP contribution in [0.5, 0.6) is 11.5 Å². The fourth-order valence-corrected chi connectivity index (χ4v) is 3.51. The second kappa shape index (κ2) is 9.87. The molecule has 0 amide bonds. The summed E-state index contributed by atoms with van der Waals surface area (Å²) in [5, 5.41) is 3.69. The van der Waals surface area contributed by atoms with Gasteiger partial charge in [-0.2, -0.15) is 0 Å². The van der Waals surface area contributed by atoms with Crippen LogP contribution in [0.25, 0.3) is 0 Å². The van der Waals surface area contributed by atoms with E-state index in [4.69, 9.17) is 21.1 Å². The molecule has 4 nitrogen and oxygen atoms in total. The van der Waals surface area contributed by atoms with Gasteiger partial charge in [-0.1, -0.05) is 23.7 Å². The number of nitrogens with one attached hydrogen (secondary N) is 1. The first kappa shape index (κ1) is 20.6.